The molecule has 3 rings (SSSR count). The molecule has 0 bridgehead atoms. The smallest absolute Gasteiger partial charge is 0.166 e. The number of aromatic nitrogens is 2. The third-order valence-corrected chi connectivity index (χ3v) is 12.9. The summed E-state index contributed by atoms with van der Waals surface area (Å²) in [5, 5.41) is 0. The Morgan fingerprint density at radius 1 is 0.839 bits per heavy atom. The summed E-state index contributed by atoms with van der Waals surface area (Å²) in [4.78, 5) is 17.7. The first-order valence-electron chi connectivity index (χ1n) is 11.2. The van der Waals surface area contributed by atoms with E-state index in [0.29, 0.717) is 22.3 Å². The molecular formula is C27H34N2OSi. The highest BCUT2D eigenvalue weighted by Crippen LogP contribution is 2.40. The second kappa shape index (κ2) is 9.57. The highest BCUT2D eigenvalue weighted by molar-refractivity contribution is 6.90. The lowest BCUT2D eigenvalue weighted by Crippen LogP contribution is -2.43. The number of hydrogen-bond acceptors (Lipinski definition) is 1. The van der Waals surface area contributed by atoms with E-state index in [1.54, 1.807) is 0 Å². The molecule has 0 spiro atoms. The van der Waals surface area contributed by atoms with Crippen molar-refractivity contribution < 1.29 is 4.79 Å². The van der Waals surface area contributed by atoms with Gasteiger partial charge in [0.05, 0.1) is 11.6 Å². The molecule has 0 amide bonds. The Labute approximate surface area is 187 Å². The minimum Gasteiger partial charge on any atom is -0.364 e. The lowest BCUT2D eigenvalue weighted by atomic mass is 9.92. The molecule has 2 heterocycles. The van der Waals surface area contributed by atoms with Crippen LogP contribution in [0.1, 0.15) is 80.5 Å². The Hall–Kier alpha value is -2.77. The second-order valence-electron chi connectivity index (χ2n) is 9.31. The Morgan fingerprint density at radius 3 is 1.97 bits per heavy atom. The van der Waals surface area contributed by atoms with Gasteiger partial charge in [-0.3, -0.25) is 4.79 Å². The number of H-pyrrole nitrogens is 2. The number of aromatic amines is 2. The third-order valence-electron chi connectivity index (χ3n) is 6.64. The highest BCUT2D eigenvalue weighted by Gasteiger charge is 2.41. The van der Waals surface area contributed by atoms with Gasteiger partial charge >= 0.3 is 0 Å². The molecule has 0 radical (unpaired) electrons. The maximum atomic E-state index is 11.2. The number of carbonyl (C=O) groups excluding carboxylic acids is 1. The molecule has 3 nitrogen and oxygen atoms in total. The molecule has 0 saturated heterocycles. The van der Waals surface area contributed by atoms with E-state index in [1.807, 2.05) is 24.4 Å². The Kier molecular flexibility index (Phi) is 7.07. The minimum atomic E-state index is -1.75. The molecule has 31 heavy (non-hydrogen) atoms. The lowest BCUT2D eigenvalue weighted by molar-refractivity contribution is 0.111. The normalized spacial score (nSPS) is 12.8. The van der Waals surface area contributed by atoms with Gasteiger partial charge in [0, 0.05) is 23.1 Å². The zero-order valence-corrected chi connectivity index (χ0v) is 20.5. The predicted molar refractivity (Wildman–Crippen MR) is 132 cm³/mol. The number of aldehydes is 1. The van der Waals surface area contributed by atoms with Crippen molar-refractivity contribution in [2.24, 2.45) is 0 Å². The van der Waals surface area contributed by atoms with E-state index in [9.17, 15) is 4.79 Å². The van der Waals surface area contributed by atoms with E-state index < -0.39 is 8.07 Å². The van der Waals surface area contributed by atoms with Crippen molar-refractivity contribution in [1.82, 2.24) is 9.97 Å². The van der Waals surface area contributed by atoms with E-state index in [1.165, 1.54) is 0 Å². The molecule has 3 aromatic rings. The molecule has 1 aromatic carbocycles. The fourth-order valence-corrected chi connectivity index (χ4v) is 10.3. The van der Waals surface area contributed by atoms with Gasteiger partial charge < -0.3 is 9.97 Å². The zero-order chi connectivity index (χ0) is 22.6. The van der Waals surface area contributed by atoms with Crippen molar-refractivity contribution in [3.63, 3.8) is 0 Å². The summed E-state index contributed by atoms with van der Waals surface area (Å²) in [7, 11) is -1.75. The first-order valence-corrected chi connectivity index (χ1v) is 13.4. The predicted octanol–water partition coefficient (Wildman–Crippen LogP) is 6.91. The summed E-state index contributed by atoms with van der Waals surface area (Å²) < 4.78 is 0. The van der Waals surface area contributed by atoms with Crippen LogP contribution in [0.15, 0.2) is 54.7 Å². The molecule has 1 atom stereocenters. The average molecular weight is 431 g/mol. The van der Waals surface area contributed by atoms with Crippen molar-refractivity contribution in [2.75, 3.05) is 0 Å². The molecule has 0 aliphatic heterocycles. The molecule has 162 valence electrons. The van der Waals surface area contributed by atoms with Crippen molar-refractivity contribution in [3.05, 3.63) is 82.9 Å². The molecule has 0 saturated carbocycles. The van der Waals surface area contributed by atoms with Crippen LogP contribution in [0.2, 0.25) is 16.6 Å². The minimum absolute atomic E-state index is 0.0150. The molecule has 1 unspecified atom stereocenters. The summed E-state index contributed by atoms with van der Waals surface area (Å²) >= 11 is 0. The van der Waals surface area contributed by atoms with Gasteiger partial charge in [0.2, 0.25) is 0 Å². The van der Waals surface area contributed by atoms with Gasteiger partial charge in [0.1, 0.15) is 8.07 Å². The van der Waals surface area contributed by atoms with Crippen molar-refractivity contribution >= 4 is 14.4 Å². The van der Waals surface area contributed by atoms with Crippen LogP contribution in [0.25, 0.3) is 0 Å². The first kappa shape index (κ1) is 22.9. The largest absolute Gasteiger partial charge is 0.364 e. The fourth-order valence-electron chi connectivity index (χ4n) is 5.09. The van der Waals surface area contributed by atoms with Crippen LogP contribution >= 0.6 is 0 Å². The fraction of sp³-hybridized carbons (Fsp3) is 0.370. The molecule has 2 N–H and O–H groups in total. The van der Waals surface area contributed by atoms with Crippen LogP contribution in [-0.4, -0.2) is 24.3 Å². The first-order chi connectivity index (χ1) is 14.8. The standard InChI is InChI=1S/C27H34N2OSi/c1-19(2)31(20(3)4,21(5)6)17-15-22-9-11-23(12-10-22)27(25-8-7-16-28-25)26-14-13-24(18-30)29-26/h7-14,16,18-21,27-29H,1-6H3. The van der Waals surface area contributed by atoms with Gasteiger partial charge in [-0.15, -0.1) is 5.54 Å². The molecule has 4 heteroatoms. The van der Waals surface area contributed by atoms with Crippen LogP contribution in [0.4, 0.5) is 0 Å². The van der Waals surface area contributed by atoms with Gasteiger partial charge in [0.25, 0.3) is 0 Å². The molecule has 2 aromatic heterocycles. The average Bonchev–Trinajstić information content (AvgIpc) is 3.41. The quantitative estimate of drug-likeness (QED) is 0.239. The van der Waals surface area contributed by atoms with Gasteiger partial charge in [-0.05, 0) is 58.6 Å². The van der Waals surface area contributed by atoms with Crippen LogP contribution in [0.5, 0.6) is 0 Å². The Balaban J connectivity index is 1.96. The van der Waals surface area contributed by atoms with E-state index in [2.05, 4.69) is 93.3 Å². The summed E-state index contributed by atoms with van der Waals surface area (Å²) in [5.74, 6) is 3.55. The van der Waals surface area contributed by atoms with E-state index in [-0.39, 0.29) is 5.92 Å². The number of hydrogen-bond donors (Lipinski definition) is 2. The van der Waals surface area contributed by atoms with Gasteiger partial charge in [-0.2, -0.15) is 0 Å². The van der Waals surface area contributed by atoms with Crippen LogP contribution in [-0.2, 0) is 0 Å². The van der Waals surface area contributed by atoms with Crippen LogP contribution < -0.4 is 0 Å². The number of benzene rings is 1. The van der Waals surface area contributed by atoms with Gasteiger partial charge in [-0.1, -0.05) is 59.6 Å². The maximum Gasteiger partial charge on any atom is 0.166 e. The van der Waals surface area contributed by atoms with Gasteiger partial charge in [0.15, 0.2) is 6.29 Å². The number of rotatable bonds is 7. The topological polar surface area (TPSA) is 48.6 Å². The number of carbonyl (C=O) groups is 1. The molecule has 0 fully saturated rings. The summed E-state index contributed by atoms with van der Waals surface area (Å²) in [6.45, 7) is 14.1. The summed E-state index contributed by atoms with van der Waals surface area (Å²) in [6.07, 6.45) is 2.78. The molecule has 0 aliphatic rings. The van der Waals surface area contributed by atoms with Gasteiger partial charge in [-0.25, -0.2) is 0 Å². The number of nitrogens with one attached hydrogen (secondary N) is 2. The highest BCUT2D eigenvalue weighted by atomic mass is 28.3. The molecule has 0 aliphatic carbocycles. The lowest BCUT2D eigenvalue weighted by Gasteiger charge is -2.38. The van der Waals surface area contributed by atoms with Crippen LogP contribution in [0, 0.1) is 11.5 Å². The third kappa shape index (κ3) is 4.62. The molecular weight excluding hydrogens is 396 g/mol. The SMILES string of the molecule is CC(C)[Si](C#Cc1ccc(C(c2ccc[nH]2)c2ccc(C=O)[nH]2)cc1)(C(C)C)C(C)C. The van der Waals surface area contributed by atoms with E-state index >= 15 is 0 Å². The second-order valence-corrected chi connectivity index (χ2v) is 14.9. The Morgan fingerprint density at radius 2 is 1.48 bits per heavy atom. The van der Waals surface area contributed by atoms with E-state index in [0.717, 1.165) is 28.8 Å². The van der Waals surface area contributed by atoms with Crippen molar-refractivity contribution in [1.29, 1.82) is 0 Å². The summed E-state index contributed by atoms with van der Waals surface area (Å²) in [5.41, 5.74) is 10.6. The van der Waals surface area contributed by atoms with Crippen LogP contribution in [0.3, 0.4) is 0 Å². The Bertz CT molecular complexity index is 1030. The monoisotopic (exact) mass is 430 g/mol. The van der Waals surface area contributed by atoms with Crippen molar-refractivity contribution in [2.45, 2.75) is 64.1 Å². The zero-order valence-electron chi connectivity index (χ0n) is 19.5. The summed E-state index contributed by atoms with van der Waals surface area (Å²) in [6, 6.07) is 16.4. The van der Waals surface area contributed by atoms with E-state index in [4.69, 9.17) is 0 Å². The van der Waals surface area contributed by atoms with Crippen molar-refractivity contribution in [3.8, 4) is 11.5 Å². The maximum absolute atomic E-state index is 11.2.